The molecule has 0 aromatic carbocycles. The summed E-state index contributed by atoms with van der Waals surface area (Å²) in [5.41, 5.74) is 1.44. The van der Waals surface area contributed by atoms with E-state index in [-0.39, 0.29) is 10.8 Å². The summed E-state index contributed by atoms with van der Waals surface area (Å²) in [6.07, 6.45) is 5.62. The molecule has 3 aromatic heterocycles. The summed E-state index contributed by atoms with van der Waals surface area (Å²) in [7, 11) is 0. The van der Waals surface area contributed by atoms with Crippen LogP contribution in [-0.4, -0.2) is 43.8 Å². The van der Waals surface area contributed by atoms with E-state index in [2.05, 4.69) is 28.8 Å². The van der Waals surface area contributed by atoms with Crippen LogP contribution in [-0.2, 0) is 0 Å². The first-order chi connectivity index (χ1) is 12.6. The topological polar surface area (TPSA) is 98.9 Å². The van der Waals surface area contributed by atoms with Crippen LogP contribution in [0.4, 0.5) is 5.82 Å². The summed E-state index contributed by atoms with van der Waals surface area (Å²) < 4.78 is 1.73. The van der Waals surface area contributed by atoms with E-state index in [0.717, 1.165) is 53.8 Å². The minimum Gasteiger partial charge on any atom is -0.493 e. The average Bonchev–Trinajstić information content (AvgIpc) is 3.25. The second-order valence-electron chi connectivity index (χ2n) is 6.21. The van der Waals surface area contributed by atoms with Gasteiger partial charge in [0.05, 0.1) is 17.1 Å². The Morgan fingerprint density at radius 3 is 2.85 bits per heavy atom. The Bertz CT molecular complexity index is 1120. The molecule has 136 valence electrons. The van der Waals surface area contributed by atoms with Crippen LogP contribution in [0.1, 0.15) is 31.6 Å². The Hall–Kier alpha value is -2.68. The van der Waals surface area contributed by atoms with Gasteiger partial charge in [0.2, 0.25) is 5.88 Å². The number of hydrogen-bond donors (Lipinski definition) is 2. The number of H-pyrrole nitrogens is 1. The number of aromatic nitrogens is 4. The molecule has 0 spiro atoms. The Labute approximate surface area is 153 Å². The molecule has 0 saturated heterocycles. The highest BCUT2D eigenvalue weighted by Gasteiger charge is 2.20. The molecule has 1 saturated carbocycles. The quantitative estimate of drug-likeness (QED) is 0.685. The van der Waals surface area contributed by atoms with Crippen molar-refractivity contribution < 1.29 is 5.11 Å². The van der Waals surface area contributed by atoms with Crippen molar-refractivity contribution in [1.82, 2.24) is 19.6 Å². The lowest BCUT2D eigenvalue weighted by atomic mass is 10.3. The lowest BCUT2D eigenvalue weighted by Gasteiger charge is -2.19. The number of thiazole rings is 1. The number of aromatic amines is 1. The SMILES string of the molecule is CCN(CC)c1cc(=NC2CC2)n2nc/c(=C\c3sc(=O)[nH]c3O)c2n1. The molecule has 0 amide bonds. The van der Waals surface area contributed by atoms with Crippen LogP contribution in [0, 0.1) is 0 Å². The molecule has 0 aliphatic heterocycles. The van der Waals surface area contributed by atoms with Crippen molar-refractivity contribution in [2.24, 2.45) is 4.99 Å². The Morgan fingerprint density at radius 1 is 1.46 bits per heavy atom. The number of anilines is 1. The van der Waals surface area contributed by atoms with Gasteiger partial charge in [-0.2, -0.15) is 9.61 Å². The molecule has 1 aliphatic rings. The van der Waals surface area contributed by atoms with Crippen molar-refractivity contribution in [2.75, 3.05) is 18.0 Å². The minimum absolute atomic E-state index is 0.137. The highest BCUT2D eigenvalue weighted by atomic mass is 32.1. The number of nitrogens with one attached hydrogen (secondary N) is 1. The molecule has 8 nitrogen and oxygen atoms in total. The monoisotopic (exact) mass is 372 g/mol. The van der Waals surface area contributed by atoms with Gasteiger partial charge in [-0.3, -0.25) is 14.8 Å². The maximum atomic E-state index is 11.4. The van der Waals surface area contributed by atoms with Crippen molar-refractivity contribution >= 4 is 28.9 Å². The van der Waals surface area contributed by atoms with E-state index in [1.165, 1.54) is 0 Å². The Morgan fingerprint density at radius 2 is 2.23 bits per heavy atom. The van der Waals surface area contributed by atoms with Crippen molar-refractivity contribution in [3.63, 3.8) is 0 Å². The molecule has 3 aromatic rings. The van der Waals surface area contributed by atoms with Crippen LogP contribution in [0.5, 0.6) is 5.88 Å². The summed E-state index contributed by atoms with van der Waals surface area (Å²) in [5, 5.41) is 15.0. The van der Waals surface area contributed by atoms with E-state index < -0.39 is 0 Å². The van der Waals surface area contributed by atoms with E-state index in [1.807, 2.05) is 6.07 Å². The van der Waals surface area contributed by atoms with Crippen LogP contribution in [0.15, 0.2) is 22.1 Å². The van der Waals surface area contributed by atoms with Gasteiger partial charge in [0.25, 0.3) is 0 Å². The number of fused-ring (bicyclic) bond motifs is 1. The molecule has 2 N–H and O–H groups in total. The molecule has 1 aliphatic carbocycles. The van der Waals surface area contributed by atoms with Crippen LogP contribution >= 0.6 is 11.3 Å². The molecular weight excluding hydrogens is 352 g/mol. The van der Waals surface area contributed by atoms with Crippen LogP contribution in [0.3, 0.4) is 0 Å². The maximum absolute atomic E-state index is 11.4. The first kappa shape index (κ1) is 16.8. The third-order valence-electron chi connectivity index (χ3n) is 4.36. The summed E-state index contributed by atoms with van der Waals surface area (Å²) in [4.78, 5) is 25.7. The molecule has 0 atom stereocenters. The lowest BCUT2D eigenvalue weighted by Crippen LogP contribution is -2.27. The van der Waals surface area contributed by atoms with Gasteiger partial charge in [0, 0.05) is 24.4 Å². The molecule has 0 radical (unpaired) electrons. The zero-order valence-corrected chi connectivity index (χ0v) is 15.5. The van der Waals surface area contributed by atoms with Crippen LogP contribution in [0.2, 0.25) is 0 Å². The maximum Gasteiger partial charge on any atom is 0.307 e. The number of aromatic hydroxyl groups is 1. The van der Waals surface area contributed by atoms with Gasteiger partial charge in [0.1, 0.15) is 5.82 Å². The van der Waals surface area contributed by atoms with Gasteiger partial charge < -0.3 is 10.0 Å². The summed E-state index contributed by atoms with van der Waals surface area (Å²) in [6, 6.07) is 2.34. The molecule has 0 unspecified atom stereocenters. The van der Waals surface area contributed by atoms with Gasteiger partial charge in [-0.05, 0) is 32.8 Å². The number of nitrogens with zero attached hydrogens (tertiary/aromatic N) is 5. The predicted molar refractivity (Wildman–Crippen MR) is 101 cm³/mol. The first-order valence-electron chi connectivity index (χ1n) is 8.70. The van der Waals surface area contributed by atoms with Crippen LogP contribution < -0.4 is 20.5 Å². The predicted octanol–water partition coefficient (Wildman–Crippen LogP) is 0.642. The Kier molecular flexibility index (Phi) is 4.23. The van der Waals surface area contributed by atoms with E-state index in [4.69, 9.17) is 9.98 Å². The van der Waals surface area contributed by atoms with Gasteiger partial charge in [-0.25, -0.2) is 4.98 Å². The van der Waals surface area contributed by atoms with Gasteiger partial charge in [-0.1, -0.05) is 11.3 Å². The average molecular weight is 372 g/mol. The molecule has 26 heavy (non-hydrogen) atoms. The smallest absolute Gasteiger partial charge is 0.307 e. The van der Waals surface area contributed by atoms with Crippen molar-refractivity contribution in [1.29, 1.82) is 0 Å². The fourth-order valence-corrected chi connectivity index (χ4v) is 3.50. The van der Waals surface area contributed by atoms with E-state index in [1.54, 1.807) is 16.8 Å². The number of hydrogen-bond acceptors (Lipinski definition) is 7. The summed E-state index contributed by atoms with van der Waals surface area (Å²) >= 11 is 0.950. The highest BCUT2D eigenvalue weighted by molar-refractivity contribution is 7.10. The zero-order valence-electron chi connectivity index (χ0n) is 14.6. The highest BCUT2D eigenvalue weighted by Crippen LogP contribution is 2.22. The van der Waals surface area contributed by atoms with E-state index in [0.29, 0.717) is 16.6 Å². The lowest BCUT2D eigenvalue weighted by molar-refractivity contribution is 0.455. The van der Waals surface area contributed by atoms with Crippen LogP contribution in [0.25, 0.3) is 11.7 Å². The largest absolute Gasteiger partial charge is 0.493 e. The molecule has 0 bridgehead atoms. The summed E-state index contributed by atoms with van der Waals surface area (Å²) in [5.74, 6) is 0.714. The minimum atomic E-state index is -0.300. The molecular formula is C17H20N6O2S. The third-order valence-corrected chi connectivity index (χ3v) is 5.18. The summed E-state index contributed by atoms with van der Waals surface area (Å²) in [6.45, 7) is 5.86. The van der Waals surface area contributed by atoms with Crippen molar-refractivity contribution in [3.05, 3.63) is 37.5 Å². The van der Waals surface area contributed by atoms with Gasteiger partial charge in [0.15, 0.2) is 11.1 Å². The molecule has 9 heteroatoms. The van der Waals surface area contributed by atoms with Crippen molar-refractivity contribution in [3.8, 4) is 5.88 Å². The van der Waals surface area contributed by atoms with Gasteiger partial charge >= 0.3 is 4.87 Å². The number of rotatable bonds is 5. The fraction of sp³-hybridized carbons (Fsp3) is 0.412. The third kappa shape index (κ3) is 3.10. The first-order valence-corrected chi connectivity index (χ1v) is 9.52. The van der Waals surface area contributed by atoms with Crippen molar-refractivity contribution in [2.45, 2.75) is 32.7 Å². The second kappa shape index (κ2) is 6.56. The normalized spacial score (nSPS) is 15.9. The fourth-order valence-electron chi connectivity index (χ4n) is 2.82. The standard InChI is InChI=1S/C17H20N6O2S/c1-3-22(4-2)13-8-14(19-11-5-6-11)23-15(20-13)10(9-18-23)7-12-16(24)21-17(25)26-12/h7-9,11,24H,3-6H2,1-2H3,(H,21,25)/b10-7+,19-14?. The van der Waals surface area contributed by atoms with E-state index >= 15 is 0 Å². The molecule has 3 heterocycles. The van der Waals surface area contributed by atoms with Gasteiger partial charge in [-0.15, -0.1) is 0 Å². The zero-order chi connectivity index (χ0) is 18.3. The molecule has 1 fully saturated rings. The second-order valence-corrected chi connectivity index (χ2v) is 7.23. The van der Waals surface area contributed by atoms with E-state index in [9.17, 15) is 9.90 Å². The molecule has 4 rings (SSSR count). The Balaban J connectivity index is 1.97.